The summed E-state index contributed by atoms with van der Waals surface area (Å²) in [4.78, 5) is 0. The van der Waals surface area contributed by atoms with Gasteiger partial charge < -0.3 is 15.2 Å². The van der Waals surface area contributed by atoms with Crippen molar-refractivity contribution in [2.45, 2.75) is 58.2 Å². The van der Waals surface area contributed by atoms with Gasteiger partial charge in [0.1, 0.15) is 0 Å². The van der Waals surface area contributed by atoms with E-state index in [0.717, 1.165) is 12.8 Å². The van der Waals surface area contributed by atoms with Gasteiger partial charge in [0.05, 0.1) is 12.2 Å². The minimum absolute atomic E-state index is 0.0971. The van der Waals surface area contributed by atoms with Gasteiger partial charge in [-0.3, -0.25) is 0 Å². The first-order chi connectivity index (χ1) is 6.45. The molecule has 0 aromatic carbocycles. The summed E-state index contributed by atoms with van der Waals surface area (Å²) in [6.07, 6.45) is 1.90. The van der Waals surface area contributed by atoms with E-state index in [0.29, 0.717) is 6.04 Å². The SMILES string of the molecule is CC[C@@H](CO)N[C@H](C)CC(C)(C)OC. The number of ether oxygens (including phenoxy) is 1. The maximum Gasteiger partial charge on any atom is 0.0637 e. The highest BCUT2D eigenvalue weighted by atomic mass is 16.5. The van der Waals surface area contributed by atoms with E-state index in [-0.39, 0.29) is 18.2 Å². The third-order valence-electron chi connectivity index (χ3n) is 2.58. The van der Waals surface area contributed by atoms with Crippen molar-refractivity contribution in [1.29, 1.82) is 0 Å². The van der Waals surface area contributed by atoms with Crippen LogP contribution in [0.2, 0.25) is 0 Å². The topological polar surface area (TPSA) is 41.5 Å². The molecule has 0 saturated carbocycles. The van der Waals surface area contributed by atoms with Gasteiger partial charge in [0.2, 0.25) is 0 Å². The molecule has 2 atom stereocenters. The molecule has 0 heterocycles. The third-order valence-corrected chi connectivity index (χ3v) is 2.58. The van der Waals surface area contributed by atoms with Gasteiger partial charge in [-0.1, -0.05) is 6.92 Å². The molecule has 0 fully saturated rings. The van der Waals surface area contributed by atoms with Crippen LogP contribution in [-0.2, 0) is 4.74 Å². The van der Waals surface area contributed by atoms with Crippen LogP contribution in [-0.4, -0.2) is 36.5 Å². The fraction of sp³-hybridized carbons (Fsp3) is 1.00. The van der Waals surface area contributed by atoms with Gasteiger partial charge >= 0.3 is 0 Å². The van der Waals surface area contributed by atoms with E-state index in [9.17, 15) is 0 Å². The molecule has 0 aliphatic heterocycles. The normalized spacial score (nSPS) is 16.7. The average molecular weight is 203 g/mol. The van der Waals surface area contributed by atoms with Crippen molar-refractivity contribution in [1.82, 2.24) is 5.32 Å². The number of aliphatic hydroxyl groups excluding tert-OH is 1. The summed E-state index contributed by atoms with van der Waals surface area (Å²) in [6.45, 7) is 8.55. The molecule has 0 aliphatic carbocycles. The summed E-state index contributed by atoms with van der Waals surface area (Å²) in [6, 6.07) is 0.569. The first-order valence-corrected chi connectivity index (χ1v) is 5.37. The van der Waals surface area contributed by atoms with Crippen LogP contribution in [0.15, 0.2) is 0 Å². The summed E-state index contributed by atoms with van der Waals surface area (Å²) in [5.41, 5.74) is -0.0971. The molecule has 0 aliphatic rings. The Labute approximate surface area is 87.8 Å². The summed E-state index contributed by atoms with van der Waals surface area (Å²) in [7, 11) is 1.73. The highest BCUT2D eigenvalue weighted by Crippen LogP contribution is 2.15. The van der Waals surface area contributed by atoms with Crippen LogP contribution in [0.5, 0.6) is 0 Å². The number of hydrogen-bond donors (Lipinski definition) is 2. The second-order valence-electron chi connectivity index (χ2n) is 4.52. The lowest BCUT2D eigenvalue weighted by atomic mass is 9.99. The van der Waals surface area contributed by atoms with Crippen molar-refractivity contribution in [3.63, 3.8) is 0 Å². The molecule has 0 saturated heterocycles. The molecule has 2 N–H and O–H groups in total. The first kappa shape index (κ1) is 13.9. The number of hydrogen-bond acceptors (Lipinski definition) is 3. The van der Waals surface area contributed by atoms with Gasteiger partial charge in [-0.25, -0.2) is 0 Å². The zero-order chi connectivity index (χ0) is 11.2. The average Bonchev–Trinajstić information content (AvgIpc) is 2.13. The van der Waals surface area contributed by atoms with Crippen LogP contribution in [0.4, 0.5) is 0 Å². The molecule has 3 heteroatoms. The Bertz CT molecular complexity index is 144. The van der Waals surface area contributed by atoms with E-state index >= 15 is 0 Å². The van der Waals surface area contributed by atoms with Crippen molar-refractivity contribution >= 4 is 0 Å². The number of aliphatic hydroxyl groups is 1. The molecule has 3 nitrogen and oxygen atoms in total. The molecule has 0 rings (SSSR count). The Hall–Kier alpha value is -0.120. The third kappa shape index (κ3) is 5.58. The number of methoxy groups -OCH3 is 1. The fourth-order valence-corrected chi connectivity index (χ4v) is 1.58. The van der Waals surface area contributed by atoms with E-state index in [1.165, 1.54) is 0 Å². The van der Waals surface area contributed by atoms with E-state index < -0.39 is 0 Å². The monoisotopic (exact) mass is 203 g/mol. The molecule has 0 aromatic rings. The second kappa shape index (κ2) is 6.38. The summed E-state index contributed by atoms with van der Waals surface area (Å²) < 4.78 is 5.35. The maximum atomic E-state index is 9.04. The highest BCUT2D eigenvalue weighted by molar-refractivity contribution is 4.77. The van der Waals surface area contributed by atoms with E-state index in [1.54, 1.807) is 7.11 Å². The molecule has 0 spiro atoms. The summed E-state index contributed by atoms with van der Waals surface area (Å²) in [5, 5.41) is 12.4. The standard InChI is InChI=1S/C11H25NO2/c1-6-10(8-13)12-9(2)7-11(3,4)14-5/h9-10,12-13H,6-8H2,1-5H3/t9-,10+/m1/s1. The van der Waals surface area contributed by atoms with Crippen LogP contribution in [0.25, 0.3) is 0 Å². The zero-order valence-electron chi connectivity index (χ0n) is 10.1. The van der Waals surface area contributed by atoms with E-state index in [4.69, 9.17) is 9.84 Å². The van der Waals surface area contributed by atoms with Gasteiger partial charge in [0.15, 0.2) is 0 Å². The number of nitrogens with one attached hydrogen (secondary N) is 1. The van der Waals surface area contributed by atoms with Crippen LogP contribution in [0.3, 0.4) is 0 Å². The largest absolute Gasteiger partial charge is 0.395 e. The minimum atomic E-state index is -0.0971. The van der Waals surface area contributed by atoms with Gasteiger partial charge in [0.25, 0.3) is 0 Å². The maximum absolute atomic E-state index is 9.04. The minimum Gasteiger partial charge on any atom is -0.395 e. The van der Waals surface area contributed by atoms with Crippen LogP contribution in [0, 0.1) is 0 Å². The second-order valence-corrected chi connectivity index (χ2v) is 4.52. The first-order valence-electron chi connectivity index (χ1n) is 5.37. The molecule has 86 valence electrons. The molecule has 0 aromatic heterocycles. The van der Waals surface area contributed by atoms with E-state index in [1.807, 2.05) is 0 Å². The van der Waals surface area contributed by atoms with Crippen LogP contribution in [0.1, 0.15) is 40.5 Å². The summed E-state index contributed by atoms with van der Waals surface area (Å²) >= 11 is 0. The van der Waals surface area contributed by atoms with Crippen molar-refractivity contribution < 1.29 is 9.84 Å². The van der Waals surface area contributed by atoms with Gasteiger partial charge in [-0.05, 0) is 33.6 Å². The van der Waals surface area contributed by atoms with E-state index in [2.05, 4.69) is 33.0 Å². The predicted octanol–water partition coefficient (Wildman–Crippen LogP) is 1.55. The van der Waals surface area contributed by atoms with Crippen LogP contribution < -0.4 is 5.32 Å². The molecule has 14 heavy (non-hydrogen) atoms. The molecular formula is C11H25NO2. The molecule has 0 unspecified atom stereocenters. The molecular weight excluding hydrogens is 178 g/mol. The van der Waals surface area contributed by atoms with Gasteiger partial charge in [0, 0.05) is 19.2 Å². The van der Waals surface area contributed by atoms with Crippen LogP contribution >= 0.6 is 0 Å². The lowest BCUT2D eigenvalue weighted by Crippen LogP contribution is -2.42. The lowest BCUT2D eigenvalue weighted by molar-refractivity contribution is 0.00695. The smallest absolute Gasteiger partial charge is 0.0637 e. The van der Waals surface area contributed by atoms with Crippen molar-refractivity contribution in [2.75, 3.05) is 13.7 Å². The highest BCUT2D eigenvalue weighted by Gasteiger charge is 2.21. The quantitative estimate of drug-likeness (QED) is 0.659. The van der Waals surface area contributed by atoms with Crippen molar-refractivity contribution in [2.24, 2.45) is 0 Å². The molecule has 0 bridgehead atoms. The van der Waals surface area contributed by atoms with Crippen molar-refractivity contribution in [3.8, 4) is 0 Å². The lowest BCUT2D eigenvalue weighted by Gasteiger charge is -2.29. The zero-order valence-corrected chi connectivity index (χ0v) is 10.1. The number of rotatable bonds is 7. The molecule has 0 radical (unpaired) electrons. The Morgan fingerprint density at radius 3 is 2.36 bits per heavy atom. The Morgan fingerprint density at radius 2 is 2.00 bits per heavy atom. The van der Waals surface area contributed by atoms with Crippen molar-refractivity contribution in [3.05, 3.63) is 0 Å². The summed E-state index contributed by atoms with van der Waals surface area (Å²) in [5.74, 6) is 0. The predicted molar refractivity (Wildman–Crippen MR) is 59.5 cm³/mol. The Kier molecular flexibility index (Phi) is 6.33. The molecule has 0 amide bonds. The fourth-order valence-electron chi connectivity index (χ4n) is 1.58. The van der Waals surface area contributed by atoms with Gasteiger partial charge in [-0.15, -0.1) is 0 Å². The van der Waals surface area contributed by atoms with Gasteiger partial charge in [-0.2, -0.15) is 0 Å². The Balaban J connectivity index is 3.90. The Morgan fingerprint density at radius 1 is 1.43 bits per heavy atom.